The van der Waals surface area contributed by atoms with Gasteiger partial charge in [-0.3, -0.25) is 9.20 Å². The van der Waals surface area contributed by atoms with Gasteiger partial charge in [0.2, 0.25) is 0 Å². The van der Waals surface area contributed by atoms with Gasteiger partial charge in [-0.05, 0) is 48.2 Å². The Kier molecular flexibility index (Phi) is 7.32. The summed E-state index contributed by atoms with van der Waals surface area (Å²) >= 11 is 0. The fourth-order valence-electron chi connectivity index (χ4n) is 5.13. The number of fused-ring (bicyclic) bond motifs is 2. The summed E-state index contributed by atoms with van der Waals surface area (Å²) in [5.41, 5.74) is 4.02. The van der Waals surface area contributed by atoms with Crippen LogP contribution in [0.15, 0.2) is 54.7 Å². The molecule has 9 heteroatoms. The first-order chi connectivity index (χ1) is 19.3. The Labute approximate surface area is 240 Å². The number of pyridine rings is 2. The maximum absolute atomic E-state index is 13.1. The molecular weight excluding hydrogens is 516 g/mol. The van der Waals surface area contributed by atoms with Gasteiger partial charge >= 0.3 is 6.03 Å². The highest BCUT2D eigenvalue weighted by atomic mass is 16.5. The molecule has 214 valence electrons. The second kappa shape index (κ2) is 10.6. The van der Waals surface area contributed by atoms with Crippen LogP contribution < -0.4 is 15.4 Å². The van der Waals surface area contributed by atoms with E-state index in [9.17, 15) is 9.59 Å². The molecule has 2 atom stereocenters. The lowest BCUT2D eigenvalue weighted by molar-refractivity contribution is 0.101. The van der Waals surface area contributed by atoms with Crippen molar-refractivity contribution in [1.82, 2.24) is 24.9 Å². The van der Waals surface area contributed by atoms with Crippen molar-refractivity contribution in [3.8, 4) is 5.75 Å². The highest BCUT2D eigenvalue weighted by molar-refractivity contribution is 5.95. The van der Waals surface area contributed by atoms with Gasteiger partial charge in [0.05, 0.1) is 12.2 Å². The molecule has 1 aliphatic carbocycles. The third-order valence-corrected chi connectivity index (χ3v) is 7.28. The number of Topliss-reactive ketones (excluding diaryl/α,β-unsaturated/α-hetero) is 1. The maximum Gasteiger partial charge on any atom is 0.319 e. The predicted molar refractivity (Wildman–Crippen MR) is 159 cm³/mol. The SMILES string of the molecule is CC(=O)c1cc(NC(=O)N[C@H]2CC[C@@H](Oc3ccc4nnc(C(C)(C)C)n4c3)c3ccccc32)cc(C(C)(C)C)n1. The topological polar surface area (TPSA) is 111 Å². The molecule has 9 nitrogen and oxygen atoms in total. The predicted octanol–water partition coefficient (Wildman–Crippen LogP) is 6.70. The van der Waals surface area contributed by atoms with Gasteiger partial charge in [-0.2, -0.15) is 0 Å². The van der Waals surface area contributed by atoms with Gasteiger partial charge in [0.25, 0.3) is 0 Å². The molecule has 5 rings (SSSR count). The second-order valence-corrected chi connectivity index (χ2v) is 12.8. The molecular formula is C32H38N6O3. The van der Waals surface area contributed by atoms with Gasteiger partial charge < -0.3 is 15.4 Å². The third-order valence-electron chi connectivity index (χ3n) is 7.28. The highest BCUT2D eigenvalue weighted by Crippen LogP contribution is 2.39. The number of carbonyl (C=O) groups is 2. The van der Waals surface area contributed by atoms with Crippen LogP contribution in [0.3, 0.4) is 0 Å². The highest BCUT2D eigenvalue weighted by Gasteiger charge is 2.30. The fourth-order valence-corrected chi connectivity index (χ4v) is 5.13. The van der Waals surface area contributed by atoms with Crippen LogP contribution in [-0.2, 0) is 10.8 Å². The number of benzene rings is 1. The molecule has 0 unspecified atom stereocenters. The lowest BCUT2D eigenvalue weighted by atomic mass is 9.85. The number of aromatic nitrogens is 4. The van der Waals surface area contributed by atoms with E-state index < -0.39 is 0 Å². The van der Waals surface area contributed by atoms with Crippen molar-refractivity contribution in [2.45, 2.75) is 84.3 Å². The van der Waals surface area contributed by atoms with Crippen LogP contribution in [0.25, 0.3) is 5.65 Å². The van der Waals surface area contributed by atoms with Gasteiger partial charge in [-0.25, -0.2) is 9.78 Å². The van der Waals surface area contributed by atoms with Crippen LogP contribution in [0.5, 0.6) is 5.75 Å². The molecule has 0 saturated heterocycles. The molecule has 0 fully saturated rings. The molecule has 1 aliphatic rings. The smallest absolute Gasteiger partial charge is 0.319 e. The molecule has 4 aromatic rings. The van der Waals surface area contributed by atoms with Gasteiger partial charge in [-0.1, -0.05) is 65.8 Å². The molecule has 3 aromatic heterocycles. The van der Waals surface area contributed by atoms with E-state index in [1.807, 2.05) is 67.8 Å². The van der Waals surface area contributed by atoms with Crippen molar-refractivity contribution < 1.29 is 14.3 Å². The normalized spacial score (nSPS) is 17.1. The minimum Gasteiger partial charge on any atom is -0.484 e. The number of urea groups is 1. The molecule has 2 amide bonds. The fraction of sp³-hybridized carbons (Fsp3) is 0.406. The summed E-state index contributed by atoms with van der Waals surface area (Å²) in [6.45, 7) is 13.9. The average Bonchev–Trinajstić information content (AvgIpc) is 3.33. The largest absolute Gasteiger partial charge is 0.484 e. The molecule has 0 spiro atoms. The minimum atomic E-state index is -0.336. The van der Waals surface area contributed by atoms with Crippen molar-refractivity contribution in [1.29, 1.82) is 0 Å². The van der Waals surface area contributed by atoms with Crippen LogP contribution in [-0.4, -0.2) is 31.4 Å². The number of hydrogen-bond acceptors (Lipinski definition) is 6. The summed E-state index contributed by atoms with van der Waals surface area (Å²) in [4.78, 5) is 29.7. The Morgan fingerprint density at radius 3 is 2.34 bits per heavy atom. The van der Waals surface area contributed by atoms with Gasteiger partial charge in [0.15, 0.2) is 11.4 Å². The van der Waals surface area contributed by atoms with Gasteiger partial charge in [0, 0.05) is 29.1 Å². The van der Waals surface area contributed by atoms with Crippen LogP contribution in [0.1, 0.15) is 107 Å². The average molecular weight is 555 g/mol. The molecule has 1 aromatic carbocycles. The number of ketones is 1. The number of nitrogens with one attached hydrogen (secondary N) is 2. The summed E-state index contributed by atoms with van der Waals surface area (Å²) in [7, 11) is 0. The first kappa shape index (κ1) is 28.3. The summed E-state index contributed by atoms with van der Waals surface area (Å²) < 4.78 is 8.50. The summed E-state index contributed by atoms with van der Waals surface area (Å²) in [5, 5.41) is 14.7. The summed E-state index contributed by atoms with van der Waals surface area (Å²) in [5.74, 6) is 1.46. The van der Waals surface area contributed by atoms with Crippen LogP contribution in [0.2, 0.25) is 0 Å². The molecule has 3 heterocycles. The van der Waals surface area contributed by atoms with Crippen LogP contribution >= 0.6 is 0 Å². The number of nitrogens with zero attached hydrogens (tertiary/aromatic N) is 4. The number of rotatable bonds is 5. The third kappa shape index (κ3) is 6.09. The van der Waals surface area contributed by atoms with E-state index in [0.29, 0.717) is 17.8 Å². The van der Waals surface area contributed by atoms with Crippen LogP contribution in [0.4, 0.5) is 10.5 Å². The van der Waals surface area contributed by atoms with Crippen molar-refractivity contribution in [3.63, 3.8) is 0 Å². The van der Waals surface area contributed by atoms with E-state index in [1.165, 1.54) is 6.92 Å². The van der Waals surface area contributed by atoms with Crippen molar-refractivity contribution in [2.24, 2.45) is 0 Å². The summed E-state index contributed by atoms with van der Waals surface area (Å²) in [6.07, 6.45) is 3.23. The van der Waals surface area contributed by atoms with Gasteiger partial charge in [-0.15, -0.1) is 10.2 Å². The number of ether oxygens (including phenoxy) is 1. The monoisotopic (exact) mass is 554 g/mol. The molecule has 41 heavy (non-hydrogen) atoms. The number of amides is 2. The van der Waals surface area contributed by atoms with E-state index in [2.05, 4.69) is 52.7 Å². The molecule has 2 N–H and O–H groups in total. The number of hydrogen-bond donors (Lipinski definition) is 2. The van der Waals surface area contributed by atoms with Crippen molar-refractivity contribution in [2.75, 3.05) is 5.32 Å². The van der Waals surface area contributed by atoms with Crippen molar-refractivity contribution >= 4 is 23.1 Å². The Hall–Kier alpha value is -4.27. The van der Waals surface area contributed by atoms with E-state index in [0.717, 1.165) is 40.5 Å². The minimum absolute atomic E-state index is 0.148. The zero-order chi connectivity index (χ0) is 29.5. The maximum atomic E-state index is 13.1. The van der Waals surface area contributed by atoms with Crippen LogP contribution in [0, 0.1) is 0 Å². The number of anilines is 1. The Morgan fingerprint density at radius 1 is 0.927 bits per heavy atom. The van der Waals surface area contributed by atoms with E-state index >= 15 is 0 Å². The Morgan fingerprint density at radius 2 is 1.66 bits per heavy atom. The first-order valence-electron chi connectivity index (χ1n) is 14.0. The van der Waals surface area contributed by atoms with Gasteiger partial charge in [0.1, 0.15) is 23.4 Å². The van der Waals surface area contributed by atoms with E-state index in [1.54, 1.807) is 6.07 Å². The van der Waals surface area contributed by atoms with E-state index in [-0.39, 0.29) is 34.8 Å². The molecule has 0 bridgehead atoms. The standard InChI is InChI=1S/C32H38N6O3/c1-19(39)25-16-20(17-27(34-25)31(2,3)4)33-30(40)35-24-13-14-26(23-11-9-8-10-22(23)24)41-21-12-15-28-36-37-29(32(5,6)7)38(28)18-21/h8-12,15-18,24,26H,13-14H2,1-7H3,(H2,33,34,35,40)/t24-,26+/m0/s1. The Bertz CT molecular complexity index is 1610. The quantitative estimate of drug-likeness (QED) is 0.266. The molecule has 0 radical (unpaired) electrons. The van der Waals surface area contributed by atoms with Crippen molar-refractivity contribution in [3.05, 3.63) is 83.1 Å². The molecule has 0 saturated carbocycles. The lowest BCUT2D eigenvalue weighted by Crippen LogP contribution is -2.35. The summed E-state index contributed by atoms with van der Waals surface area (Å²) in [6, 6.07) is 14.8. The first-order valence-corrected chi connectivity index (χ1v) is 14.0. The van der Waals surface area contributed by atoms with E-state index in [4.69, 9.17) is 4.74 Å². The zero-order valence-electron chi connectivity index (χ0n) is 24.8. The second-order valence-electron chi connectivity index (χ2n) is 12.8. The molecule has 0 aliphatic heterocycles. The number of carbonyl (C=O) groups excluding carboxylic acids is 2. The lowest BCUT2D eigenvalue weighted by Gasteiger charge is -2.32. The Balaban J connectivity index is 1.34. The zero-order valence-corrected chi connectivity index (χ0v) is 24.8.